The molecule has 0 aliphatic carbocycles. The summed E-state index contributed by atoms with van der Waals surface area (Å²) >= 11 is 5.90. The Morgan fingerprint density at radius 3 is 2.55 bits per heavy atom. The number of rotatable bonds is 4. The smallest absolute Gasteiger partial charge is 0.159 e. The summed E-state index contributed by atoms with van der Waals surface area (Å²) in [5, 5.41) is 10.6. The highest BCUT2D eigenvalue weighted by molar-refractivity contribution is 6.30. The molecule has 20 heavy (non-hydrogen) atoms. The minimum absolute atomic E-state index is 0.189. The number of halogens is 3. The van der Waals surface area contributed by atoms with E-state index in [2.05, 4.69) is 0 Å². The topological polar surface area (TPSA) is 29.5 Å². The summed E-state index contributed by atoms with van der Waals surface area (Å²) in [6.07, 6.45) is -0.785. The van der Waals surface area contributed by atoms with Crippen LogP contribution in [0.2, 0.25) is 5.02 Å². The summed E-state index contributed by atoms with van der Waals surface area (Å²) in [5.41, 5.74) is 0.989. The summed E-state index contributed by atoms with van der Waals surface area (Å²) < 4.78 is 31.2. The first-order chi connectivity index (χ1) is 9.51. The van der Waals surface area contributed by atoms with Crippen molar-refractivity contribution in [3.63, 3.8) is 0 Å². The van der Waals surface area contributed by atoms with E-state index in [9.17, 15) is 13.9 Å². The van der Waals surface area contributed by atoms with E-state index >= 15 is 0 Å². The van der Waals surface area contributed by atoms with E-state index < -0.39 is 17.7 Å². The van der Waals surface area contributed by atoms with Crippen LogP contribution in [-0.2, 0) is 6.42 Å². The van der Waals surface area contributed by atoms with E-state index in [1.54, 1.807) is 18.2 Å². The van der Waals surface area contributed by atoms with Crippen molar-refractivity contribution in [3.8, 4) is 5.75 Å². The standard InChI is InChI=1S/C15H13ClF2O2/c1-20-15-5-3-11(16)6-10(15)8-14(19)9-2-4-12(17)13(18)7-9/h2-7,14,19H,8H2,1H3. The molecule has 106 valence electrons. The monoisotopic (exact) mass is 298 g/mol. The second-order valence-corrected chi connectivity index (χ2v) is 4.79. The number of hydrogen-bond donors (Lipinski definition) is 1. The molecule has 0 spiro atoms. The van der Waals surface area contributed by atoms with Crippen molar-refractivity contribution in [2.45, 2.75) is 12.5 Å². The lowest BCUT2D eigenvalue weighted by Crippen LogP contribution is -2.04. The van der Waals surface area contributed by atoms with Gasteiger partial charge in [0.1, 0.15) is 5.75 Å². The van der Waals surface area contributed by atoms with Crippen LogP contribution >= 0.6 is 11.6 Å². The van der Waals surface area contributed by atoms with Crippen LogP contribution in [0.3, 0.4) is 0 Å². The van der Waals surface area contributed by atoms with Gasteiger partial charge in [-0.05, 0) is 41.5 Å². The van der Waals surface area contributed by atoms with Crippen molar-refractivity contribution in [2.24, 2.45) is 0 Å². The molecule has 0 bridgehead atoms. The summed E-state index contributed by atoms with van der Waals surface area (Å²) in [5.74, 6) is -1.35. The van der Waals surface area contributed by atoms with Crippen LogP contribution in [0.15, 0.2) is 36.4 Å². The van der Waals surface area contributed by atoms with Crippen LogP contribution in [-0.4, -0.2) is 12.2 Å². The van der Waals surface area contributed by atoms with Crippen molar-refractivity contribution >= 4 is 11.6 Å². The average Bonchev–Trinajstić information content (AvgIpc) is 2.42. The minimum Gasteiger partial charge on any atom is -0.496 e. The molecule has 1 unspecified atom stereocenters. The Balaban J connectivity index is 2.24. The lowest BCUT2D eigenvalue weighted by molar-refractivity contribution is 0.176. The molecule has 0 saturated carbocycles. The zero-order valence-corrected chi connectivity index (χ0v) is 11.5. The van der Waals surface area contributed by atoms with Crippen LogP contribution in [0.5, 0.6) is 5.75 Å². The third-order valence-corrected chi connectivity index (χ3v) is 3.22. The van der Waals surface area contributed by atoms with Crippen molar-refractivity contribution in [3.05, 3.63) is 64.2 Å². The number of benzene rings is 2. The Labute approximate surface area is 120 Å². The molecule has 5 heteroatoms. The fraction of sp³-hybridized carbons (Fsp3) is 0.200. The van der Waals surface area contributed by atoms with Crippen LogP contribution in [0.25, 0.3) is 0 Å². The van der Waals surface area contributed by atoms with Crippen molar-refractivity contribution in [1.82, 2.24) is 0 Å². The molecule has 0 amide bonds. The molecule has 0 fully saturated rings. The van der Waals surface area contributed by atoms with Gasteiger partial charge in [0.25, 0.3) is 0 Å². The molecule has 0 radical (unpaired) electrons. The van der Waals surface area contributed by atoms with Gasteiger partial charge in [0.15, 0.2) is 11.6 Å². The van der Waals surface area contributed by atoms with Gasteiger partial charge in [0.05, 0.1) is 13.2 Å². The first-order valence-electron chi connectivity index (χ1n) is 5.96. The lowest BCUT2D eigenvalue weighted by Gasteiger charge is -2.14. The Morgan fingerprint density at radius 2 is 1.90 bits per heavy atom. The highest BCUT2D eigenvalue weighted by Gasteiger charge is 2.14. The minimum atomic E-state index is -0.986. The van der Waals surface area contributed by atoms with Gasteiger partial charge in [-0.25, -0.2) is 8.78 Å². The van der Waals surface area contributed by atoms with Crippen LogP contribution < -0.4 is 4.74 Å². The fourth-order valence-electron chi connectivity index (χ4n) is 1.95. The largest absolute Gasteiger partial charge is 0.496 e. The van der Waals surface area contributed by atoms with Crippen LogP contribution in [0.1, 0.15) is 17.2 Å². The van der Waals surface area contributed by atoms with E-state index in [1.165, 1.54) is 13.2 Å². The normalized spacial score (nSPS) is 12.2. The summed E-state index contributed by atoms with van der Waals surface area (Å²) in [6.45, 7) is 0. The van der Waals surface area contributed by atoms with Crippen LogP contribution in [0, 0.1) is 11.6 Å². The number of hydrogen-bond acceptors (Lipinski definition) is 2. The fourth-order valence-corrected chi connectivity index (χ4v) is 2.15. The molecule has 1 N–H and O–H groups in total. The van der Waals surface area contributed by atoms with Crippen LogP contribution in [0.4, 0.5) is 8.78 Å². The predicted octanol–water partition coefficient (Wildman–Crippen LogP) is 3.90. The molecular formula is C15H13ClF2O2. The van der Waals surface area contributed by atoms with E-state index in [-0.39, 0.29) is 6.42 Å². The van der Waals surface area contributed by atoms with Crippen molar-refractivity contribution in [2.75, 3.05) is 7.11 Å². The molecule has 0 heterocycles. The first kappa shape index (κ1) is 14.8. The Kier molecular flexibility index (Phi) is 4.57. The van der Waals surface area contributed by atoms with Crippen molar-refractivity contribution < 1.29 is 18.6 Å². The van der Waals surface area contributed by atoms with E-state index in [1.807, 2.05) is 0 Å². The zero-order valence-electron chi connectivity index (χ0n) is 10.7. The highest BCUT2D eigenvalue weighted by Crippen LogP contribution is 2.28. The quantitative estimate of drug-likeness (QED) is 0.927. The van der Waals surface area contributed by atoms with Crippen molar-refractivity contribution in [1.29, 1.82) is 0 Å². The molecule has 2 nitrogen and oxygen atoms in total. The number of methoxy groups -OCH3 is 1. The van der Waals surface area contributed by atoms with Gasteiger partial charge in [-0.2, -0.15) is 0 Å². The highest BCUT2D eigenvalue weighted by atomic mass is 35.5. The van der Waals surface area contributed by atoms with E-state index in [4.69, 9.17) is 16.3 Å². The molecule has 0 saturated heterocycles. The molecule has 0 aliphatic rings. The van der Waals surface area contributed by atoms with Gasteiger partial charge < -0.3 is 9.84 Å². The summed E-state index contributed by atoms with van der Waals surface area (Å²) in [6, 6.07) is 8.35. The Morgan fingerprint density at radius 1 is 1.15 bits per heavy atom. The predicted molar refractivity (Wildman–Crippen MR) is 73.0 cm³/mol. The van der Waals surface area contributed by atoms with Gasteiger partial charge in [0.2, 0.25) is 0 Å². The van der Waals surface area contributed by atoms with Gasteiger partial charge >= 0.3 is 0 Å². The maximum absolute atomic E-state index is 13.2. The molecule has 0 aromatic heterocycles. The molecule has 0 aliphatic heterocycles. The van der Waals surface area contributed by atoms with Gasteiger partial charge in [0, 0.05) is 11.4 Å². The molecule has 2 rings (SSSR count). The van der Waals surface area contributed by atoms with Gasteiger partial charge in [-0.15, -0.1) is 0 Å². The lowest BCUT2D eigenvalue weighted by atomic mass is 10.0. The number of ether oxygens (including phenoxy) is 1. The molecule has 2 aromatic carbocycles. The second kappa shape index (κ2) is 6.20. The zero-order chi connectivity index (χ0) is 14.7. The summed E-state index contributed by atoms with van der Waals surface area (Å²) in [4.78, 5) is 0. The Bertz CT molecular complexity index is 617. The summed E-state index contributed by atoms with van der Waals surface area (Å²) in [7, 11) is 1.51. The van der Waals surface area contributed by atoms with Gasteiger partial charge in [-0.3, -0.25) is 0 Å². The molecular weight excluding hydrogens is 286 g/mol. The number of aliphatic hydroxyl groups excluding tert-OH is 1. The molecule has 1 atom stereocenters. The van der Waals surface area contributed by atoms with Gasteiger partial charge in [-0.1, -0.05) is 17.7 Å². The molecule has 2 aromatic rings. The first-order valence-corrected chi connectivity index (χ1v) is 6.34. The number of aliphatic hydroxyl groups is 1. The maximum Gasteiger partial charge on any atom is 0.159 e. The third-order valence-electron chi connectivity index (χ3n) is 2.98. The Hall–Kier alpha value is -1.65. The SMILES string of the molecule is COc1ccc(Cl)cc1CC(O)c1ccc(F)c(F)c1. The third kappa shape index (κ3) is 3.26. The van der Waals surface area contributed by atoms with E-state index in [0.29, 0.717) is 21.9 Å². The average molecular weight is 299 g/mol. The maximum atomic E-state index is 13.2. The second-order valence-electron chi connectivity index (χ2n) is 4.35. The van der Waals surface area contributed by atoms with E-state index in [0.717, 1.165) is 12.1 Å².